The monoisotopic (exact) mass is 213 g/mol. The first-order chi connectivity index (χ1) is 6.31. The van der Waals surface area contributed by atoms with E-state index in [1.807, 2.05) is 0 Å². The van der Waals surface area contributed by atoms with Crippen LogP contribution >= 0.6 is 0 Å². The summed E-state index contributed by atoms with van der Waals surface area (Å²) in [7, 11) is 1.64. The molecular weight excluding hydrogens is 199 g/mol. The summed E-state index contributed by atoms with van der Waals surface area (Å²) in [5.41, 5.74) is 5.08. The van der Waals surface area contributed by atoms with E-state index in [-0.39, 0.29) is 12.4 Å². The molecule has 0 radical (unpaired) electrons. The van der Waals surface area contributed by atoms with Gasteiger partial charge < -0.3 is 10.6 Å². The Morgan fingerprint density at radius 1 is 1.43 bits per heavy atom. The number of hydrogen-bond donors (Lipinski definition) is 2. The maximum Gasteiger partial charge on any atom is 0.522 e. The van der Waals surface area contributed by atoms with Crippen molar-refractivity contribution in [1.29, 1.82) is 5.41 Å². The average molecular weight is 213 g/mol. The van der Waals surface area contributed by atoms with Gasteiger partial charge in [0, 0.05) is 19.5 Å². The van der Waals surface area contributed by atoms with Crippen LogP contribution in [0.5, 0.6) is 0 Å². The zero-order valence-corrected chi connectivity index (χ0v) is 7.90. The lowest BCUT2D eigenvalue weighted by Crippen LogP contribution is -2.29. The van der Waals surface area contributed by atoms with Crippen LogP contribution in [0, 0.1) is 5.41 Å². The first-order valence-electron chi connectivity index (χ1n) is 4.03. The number of likely N-dealkylation sites (N-methyl/N-ethyl adjacent to an activating group) is 1. The van der Waals surface area contributed by atoms with Crippen molar-refractivity contribution >= 4 is 5.84 Å². The molecule has 0 aromatic rings. The van der Waals surface area contributed by atoms with Gasteiger partial charge in [0.2, 0.25) is 0 Å². The molecule has 0 aromatic heterocycles. The first-order valence-corrected chi connectivity index (χ1v) is 4.03. The predicted molar refractivity (Wildman–Crippen MR) is 46.0 cm³/mol. The van der Waals surface area contributed by atoms with Crippen molar-refractivity contribution in [2.45, 2.75) is 12.8 Å². The average Bonchev–Trinajstić information content (AvgIpc) is 1.98. The van der Waals surface area contributed by atoms with Crippen molar-refractivity contribution in [3.63, 3.8) is 0 Å². The highest BCUT2D eigenvalue weighted by atomic mass is 19.4. The molecule has 0 saturated heterocycles. The number of halogens is 3. The molecule has 0 aliphatic rings. The summed E-state index contributed by atoms with van der Waals surface area (Å²) in [6, 6.07) is 0. The summed E-state index contributed by atoms with van der Waals surface area (Å²) in [6.07, 6.45) is -4.22. The molecule has 3 N–H and O–H groups in total. The van der Waals surface area contributed by atoms with Crippen LogP contribution in [0.2, 0.25) is 0 Å². The summed E-state index contributed by atoms with van der Waals surface area (Å²) in [4.78, 5) is 1.62. The quantitative estimate of drug-likeness (QED) is 0.506. The lowest BCUT2D eigenvalue weighted by atomic mass is 10.4. The van der Waals surface area contributed by atoms with Gasteiger partial charge in [0.1, 0.15) is 0 Å². The van der Waals surface area contributed by atoms with Gasteiger partial charge in [-0.15, -0.1) is 13.2 Å². The van der Waals surface area contributed by atoms with Crippen molar-refractivity contribution < 1.29 is 17.9 Å². The minimum Gasteiger partial charge on any atom is -0.388 e. The van der Waals surface area contributed by atoms with Crippen molar-refractivity contribution in [1.82, 2.24) is 4.90 Å². The molecule has 0 aliphatic heterocycles. The van der Waals surface area contributed by atoms with E-state index in [1.165, 1.54) is 0 Å². The van der Waals surface area contributed by atoms with Gasteiger partial charge in [-0.25, -0.2) is 0 Å². The normalized spacial score (nSPS) is 12.1. The van der Waals surface area contributed by atoms with E-state index < -0.39 is 13.0 Å². The fourth-order valence-corrected chi connectivity index (χ4v) is 0.740. The topological polar surface area (TPSA) is 62.3 Å². The lowest BCUT2D eigenvalue weighted by molar-refractivity contribution is -0.324. The molecule has 0 amide bonds. The molecule has 0 aliphatic carbocycles. The minimum atomic E-state index is -4.57. The molecule has 7 heteroatoms. The maximum atomic E-state index is 11.5. The van der Waals surface area contributed by atoms with Gasteiger partial charge >= 0.3 is 6.36 Å². The van der Waals surface area contributed by atoms with Gasteiger partial charge in [-0.1, -0.05) is 0 Å². The van der Waals surface area contributed by atoms with Gasteiger partial charge in [-0.05, 0) is 7.05 Å². The van der Waals surface area contributed by atoms with Crippen LogP contribution in [0.15, 0.2) is 0 Å². The van der Waals surface area contributed by atoms with Crippen LogP contribution in [-0.4, -0.2) is 43.8 Å². The molecule has 0 rings (SSSR count). The number of rotatable bonds is 6. The Morgan fingerprint density at radius 3 is 2.43 bits per heavy atom. The Kier molecular flexibility index (Phi) is 5.47. The number of ether oxygens (including phenoxy) is 1. The Hall–Kier alpha value is -0.820. The Bertz CT molecular complexity index is 184. The van der Waals surface area contributed by atoms with Crippen LogP contribution in [-0.2, 0) is 4.74 Å². The minimum absolute atomic E-state index is 0.0218. The Labute approximate surface area is 80.3 Å². The van der Waals surface area contributed by atoms with E-state index in [4.69, 9.17) is 11.1 Å². The first kappa shape index (κ1) is 13.2. The second-order valence-electron chi connectivity index (χ2n) is 2.87. The van der Waals surface area contributed by atoms with E-state index in [2.05, 4.69) is 4.74 Å². The summed E-state index contributed by atoms with van der Waals surface area (Å²) in [5.74, 6) is 0.0218. The molecule has 0 bridgehead atoms. The molecule has 0 saturated carbocycles. The fraction of sp³-hybridized carbons (Fsp3) is 0.857. The Balaban J connectivity index is 3.45. The third kappa shape index (κ3) is 9.27. The third-order valence-corrected chi connectivity index (χ3v) is 1.50. The standard InChI is InChI=1S/C7H14F3N3O/c1-13(3-2-6(11)12)4-5-14-7(8,9)10/h2-5H2,1H3,(H3,11,12). The molecule has 14 heavy (non-hydrogen) atoms. The second kappa shape index (κ2) is 5.82. The summed E-state index contributed by atoms with van der Waals surface area (Å²) < 4.78 is 38.2. The highest BCUT2D eigenvalue weighted by molar-refractivity contribution is 5.76. The zero-order valence-electron chi connectivity index (χ0n) is 7.90. The van der Waals surface area contributed by atoms with Crippen molar-refractivity contribution in [2.75, 3.05) is 26.7 Å². The molecule has 0 aromatic carbocycles. The Morgan fingerprint density at radius 2 is 2.00 bits per heavy atom. The second-order valence-corrected chi connectivity index (χ2v) is 2.87. The van der Waals surface area contributed by atoms with E-state index >= 15 is 0 Å². The molecule has 4 nitrogen and oxygen atoms in total. The summed E-state index contributed by atoms with van der Waals surface area (Å²) >= 11 is 0. The third-order valence-electron chi connectivity index (χ3n) is 1.50. The molecular formula is C7H14F3N3O. The molecule has 84 valence electrons. The number of alkyl halides is 3. The van der Waals surface area contributed by atoms with Crippen molar-refractivity contribution in [2.24, 2.45) is 5.73 Å². The highest BCUT2D eigenvalue weighted by Gasteiger charge is 2.28. The summed E-state index contributed by atoms with van der Waals surface area (Å²) in [6.45, 7) is 0.210. The zero-order chi connectivity index (χ0) is 11.2. The summed E-state index contributed by atoms with van der Waals surface area (Å²) in [5, 5.41) is 6.90. The molecule has 0 atom stereocenters. The smallest absolute Gasteiger partial charge is 0.388 e. The van der Waals surface area contributed by atoms with E-state index in [0.29, 0.717) is 13.0 Å². The van der Waals surface area contributed by atoms with E-state index in [9.17, 15) is 13.2 Å². The number of nitrogens with two attached hydrogens (primary N) is 1. The SMILES string of the molecule is CN(CCOC(F)(F)F)CCC(=N)N. The van der Waals surface area contributed by atoms with Crippen molar-refractivity contribution in [3.05, 3.63) is 0 Å². The van der Waals surface area contributed by atoms with Gasteiger partial charge in [-0.3, -0.25) is 10.1 Å². The van der Waals surface area contributed by atoms with Crippen LogP contribution in [0.3, 0.4) is 0 Å². The lowest BCUT2D eigenvalue weighted by Gasteiger charge is -2.16. The van der Waals surface area contributed by atoms with Gasteiger partial charge in [0.25, 0.3) is 0 Å². The fourth-order valence-electron chi connectivity index (χ4n) is 0.740. The molecule has 0 heterocycles. The van der Waals surface area contributed by atoms with E-state index in [0.717, 1.165) is 0 Å². The number of amidine groups is 1. The number of nitrogens with one attached hydrogen (secondary N) is 1. The van der Waals surface area contributed by atoms with Gasteiger partial charge in [0.05, 0.1) is 12.4 Å². The molecule has 0 fully saturated rings. The van der Waals surface area contributed by atoms with Crippen LogP contribution in [0.25, 0.3) is 0 Å². The largest absolute Gasteiger partial charge is 0.522 e. The van der Waals surface area contributed by atoms with Crippen LogP contribution in [0.4, 0.5) is 13.2 Å². The van der Waals surface area contributed by atoms with Crippen LogP contribution < -0.4 is 5.73 Å². The van der Waals surface area contributed by atoms with Gasteiger partial charge in [0.15, 0.2) is 0 Å². The van der Waals surface area contributed by atoms with E-state index in [1.54, 1.807) is 11.9 Å². The molecule has 0 spiro atoms. The van der Waals surface area contributed by atoms with Crippen LogP contribution in [0.1, 0.15) is 6.42 Å². The maximum absolute atomic E-state index is 11.5. The predicted octanol–water partition coefficient (Wildman–Crippen LogP) is 0.781. The molecule has 0 unspecified atom stereocenters. The van der Waals surface area contributed by atoms with Gasteiger partial charge in [-0.2, -0.15) is 0 Å². The number of nitrogens with zero attached hydrogens (tertiary/aromatic N) is 1. The highest BCUT2D eigenvalue weighted by Crippen LogP contribution is 2.15. The number of hydrogen-bond acceptors (Lipinski definition) is 3. The van der Waals surface area contributed by atoms with Crippen molar-refractivity contribution in [3.8, 4) is 0 Å².